The molecule has 3 unspecified atom stereocenters. The van der Waals surface area contributed by atoms with Gasteiger partial charge in [-0.05, 0) is 37.8 Å². The van der Waals surface area contributed by atoms with Gasteiger partial charge in [-0.1, -0.05) is 92.4 Å². The minimum Gasteiger partial charge on any atom is -0.350 e. The molecule has 0 heterocycles. The van der Waals surface area contributed by atoms with Crippen molar-refractivity contribution < 1.29 is 9.28 Å². The predicted molar refractivity (Wildman–Crippen MR) is 142 cm³/mol. The van der Waals surface area contributed by atoms with Crippen molar-refractivity contribution in [1.29, 1.82) is 0 Å². The molecule has 0 rings (SSSR count). The fourth-order valence-electron chi connectivity index (χ4n) is 4.36. The van der Waals surface area contributed by atoms with E-state index in [-0.39, 0.29) is 5.91 Å². The van der Waals surface area contributed by atoms with Gasteiger partial charge in [-0.3, -0.25) is 4.79 Å². The van der Waals surface area contributed by atoms with Crippen LogP contribution in [0, 0.1) is 23.7 Å². The Kier molecular flexibility index (Phi) is 17.5. The lowest BCUT2D eigenvalue weighted by Gasteiger charge is -2.31. The van der Waals surface area contributed by atoms with Crippen LogP contribution in [-0.2, 0) is 4.79 Å². The van der Waals surface area contributed by atoms with E-state index in [2.05, 4.69) is 73.0 Å². The Hall–Kier alpha value is -0.610. The third-order valence-corrected chi connectivity index (χ3v) is 6.99. The Bertz CT molecular complexity index is 462. The van der Waals surface area contributed by atoms with Gasteiger partial charge in [0.05, 0.1) is 33.7 Å². The fourth-order valence-corrected chi connectivity index (χ4v) is 4.36. The topological polar surface area (TPSA) is 32.3 Å². The summed E-state index contributed by atoms with van der Waals surface area (Å²) >= 11 is 0. The van der Waals surface area contributed by atoms with Crippen molar-refractivity contribution >= 4 is 5.91 Å². The fraction of sp³-hybridized carbons (Fsp3) is 0.964. The van der Waals surface area contributed by atoms with Crippen molar-refractivity contribution in [3.63, 3.8) is 0 Å². The van der Waals surface area contributed by atoms with Gasteiger partial charge in [-0.2, -0.15) is 0 Å². The number of rotatable bonds is 20. The van der Waals surface area contributed by atoms with E-state index in [0.29, 0.717) is 12.3 Å². The molecule has 32 heavy (non-hydrogen) atoms. The second-order valence-electron chi connectivity index (χ2n) is 12.2. The number of likely N-dealkylation sites (N-methyl/N-ethyl adjacent to an activating group) is 2. The first-order chi connectivity index (χ1) is 14.9. The highest BCUT2D eigenvalue weighted by Gasteiger charge is 2.16. The third-order valence-electron chi connectivity index (χ3n) is 6.99. The van der Waals surface area contributed by atoms with Crippen LogP contribution >= 0.6 is 0 Å². The second kappa shape index (κ2) is 17.8. The highest BCUT2D eigenvalue weighted by Crippen LogP contribution is 2.22. The largest absolute Gasteiger partial charge is 0.350 e. The van der Waals surface area contributed by atoms with Gasteiger partial charge in [-0.25, -0.2) is 0 Å². The summed E-state index contributed by atoms with van der Waals surface area (Å²) in [7, 11) is 8.71. The van der Waals surface area contributed by atoms with Crippen molar-refractivity contribution in [3.8, 4) is 0 Å². The van der Waals surface area contributed by atoms with E-state index in [4.69, 9.17) is 0 Å². The summed E-state index contributed by atoms with van der Waals surface area (Å²) in [5, 5.41) is 3.15. The van der Waals surface area contributed by atoms with Crippen LogP contribution in [0.5, 0.6) is 0 Å². The molecule has 0 aromatic rings. The first-order valence-corrected chi connectivity index (χ1v) is 13.6. The number of quaternary nitrogens is 1. The summed E-state index contributed by atoms with van der Waals surface area (Å²) in [6.45, 7) is 15.7. The average molecular weight is 455 g/mol. The van der Waals surface area contributed by atoms with Crippen LogP contribution in [0.25, 0.3) is 0 Å². The molecule has 4 nitrogen and oxygen atoms in total. The Labute approximate surface area is 202 Å². The monoisotopic (exact) mass is 454 g/mol. The Morgan fingerprint density at radius 3 is 1.69 bits per heavy atom. The minimum atomic E-state index is 0.226. The van der Waals surface area contributed by atoms with Crippen molar-refractivity contribution in [2.24, 2.45) is 23.7 Å². The number of nitrogens with one attached hydrogen (secondary N) is 1. The highest BCUT2D eigenvalue weighted by molar-refractivity contribution is 5.76. The molecule has 0 spiro atoms. The van der Waals surface area contributed by atoms with Crippen LogP contribution in [0.1, 0.15) is 98.8 Å². The molecule has 192 valence electrons. The van der Waals surface area contributed by atoms with Gasteiger partial charge < -0.3 is 14.7 Å². The molecule has 0 radical (unpaired) electrons. The van der Waals surface area contributed by atoms with Crippen LogP contribution in [-0.4, -0.2) is 69.7 Å². The van der Waals surface area contributed by atoms with Crippen LogP contribution < -0.4 is 5.32 Å². The Balaban J connectivity index is 3.79. The number of hydrogen-bond donors (Lipinski definition) is 1. The zero-order valence-electron chi connectivity index (χ0n) is 23.5. The molecule has 0 bridgehead atoms. The summed E-state index contributed by atoms with van der Waals surface area (Å²) in [6.07, 6.45) is 12.7. The normalized spacial score (nSPS) is 15.2. The molecule has 1 amide bonds. The molecule has 0 aliphatic carbocycles. The number of carbonyl (C=O) groups excluding carboxylic acids is 1. The summed E-state index contributed by atoms with van der Waals surface area (Å²) in [5.74, 6) is 3.27. The van der Waals surface area contributed by atoms with Crippen LogP contribution in [0.2, 0.25) is 0 Å². The Morgan fingerprint density at radius 2 is 1.22 bits per heavy atom. The molecule has 0 saturated carbocycles. The number of carbonyl (C=O) groups is 1. The standard InChI is InChI=1S/C28H59N3O/c1-24(2)13-10-14-25(3)15-11-16-26(4)17-12-18-27(5)23-28(32)29-19-21-31(8,9)22-20-30(6)7/h24-27H,10-23H2,1-9H3/p+1. The molecular weight excluding hydrogens is 394 g/mol. The van der Waals surface area contributed by atoms with Gasteiger partial charge >= 0.3 is 0 Å². The summed E-state index contributed by atoms with van der Waals surface area (Å²) in [6, 6.07) is 0. The lowest BCUT2D eigenvalue weighted by atomic mass is 9.90. The average Bonchev–Trinajstić information content (AvgIpc) is 2.66. The van der Waals surface area contributed by atoms with Crippen LogP contribution in [0.3, 0.4) is 0 Å². The summed E-state index contributed by atoms with van der Waals surface area (Å²) in [5.41, 5.74) is 0. The predicted octanol–water partition coefficient (Wildman–Crippen LogP) is 6.21. The van der Waals surface area contributed by atoms with E-state index in [9.17, 15) is 4.79 Å². The molecule has 4 heteroatoms. The highest BCUT2D eigenvalue weighted by atomic mass is 16.1. The van der Waals surface area contributed by atoms with Crippen molar-refractivity contribution in [2.45, 2.75) is 98.8 Å². The van der Waals surface area contributed by atoms with Gasteiger partial charge in [0.15, 0.2) is 0 Å². The van der Waals surface area contributed by atoms with E-state index >= 15 is 0 Å². The smallest absolute Gasteiger partial charge is 0.220 e. The number of amides is 1. The third kappa shape index (κ3) is 20.0. The van der Waals surface area contributed by atoms with Gasteiger partial charge in [-0.15, -0.1) is 0 Å². The molecular formula is C28H60N3O+. The minimum absolute atomic E-state index is 0.226. The van der Waals surface area contributed by atoms with E-state index in [1.165, 1.54) is 57.8 Å². The second-order valence-corrected chi connectivity index (χ2v) is 12.2. The zero-order valence-corrected chi connectivity index (χ0v) is 23.5. The summed E-state index contributed by atoms with van der Waals surface area (Å²) < 4.78 is 0.947. The van der Waals surface area contributed by atoms with Gasteiger partial charge in [0, 0.05) is 13.0 Å². The molecule has 0 fully saturated rings. The van der Waals surface area contributed by atoms with Crippen molar-refractivity contribution in [2.75, 3.05) is 54.4 Å². The molecule has 0 saturated heterocycles. The SMILES string of the molecule is CC(C)CCCC(C)CCCC(C)CCCC(C)CC(=O)NCC[N+](C)(C)CCN(C)C. The van der Waals surface area contributed by atoms with E-state index < -0.39 is 0 Å². The van der Waals surface area contributed by atoms with Crippen LogP contribution in [0.15, 0.2) is 0 Å². The van der Waals surface area contributed by atoms with Crippen molar-refractivity contribution in [3.05, 3.63) is 0 Å². The van der Waals surface area contributed by atoms with E-state index in [1.54, 1.807) is 0 Å². The number of hydrogen-bond acceptors (Lipinski definition) is 2. The lowest BCUT2D eigenvalue weighted by Crippen LogP contribution is -2.48. The van der Waals surface area contributed by atoms with Gasteiger partial charge in [0.2, 0.25) is 5.91 Å². The molecule has 0 aliphatic heterocycles. The van der Waals surface area contributed by atoms with E-state index in [1.807, 2.05) is 0 Å². The summed E-state index contributed by atoms with van der Waals surface area (Å²) in [4.78, 5) is 14.5. The van der Waals surface area contributed by atoms with Gasteiger partial charge in [0.1, 0.15) is 0 Å². The van der Waals surface area contributed by atoms with Gasteiger partial charge in [0.25, 0.3) is 0 Å². The molecule has 0 aromatic heterocycles. The number of nitrogens with zero attached hydrogens (tertiary/aromatic N) is 2. The Morgan fingerprint density at radius 1 is 0.750 bits per heavy atom. The van der Waals surface area contributed by atoms with E-state index in [0.717, 1.165) is 48.4 Å². The van der Waals surface area contributed by atoms with Crippen molar-refractivity contribution in [1.82, 2.24) is 10.2 Å². The maximum Gasteiger partial charge on any atom is 0.220 e. The maximum absolute atomic E-state index is 12.3. The quantitative estimate of drug-likeness (QED) is 0.222. The maximum atomic E-state index is 12.3. The molecule has 0 aliphatic rings. The lowest BCUT2D eigenvalue weighted by molar-refractivity contribution is -0.888. The first-order valence-electron chi connectivity index (χ1n) is 13.6. The zero-order chi connectivity index (χ0) is 24.6. The first kappa shape index (κ1) is 31.4. The molecule has 1 N–H and O–H groups in total. The molecule has 3 atom stereocenters. The molecule has 0 aromatic carbocycles. The van der Waals surface area contributed by atoms with Crippen LogP contribution in [0.4, 0.5) is 0 Å².